The average molecular weight is 566 g/mol. The van der Waals surface area contributed by atoms with Crippen molar-refractivity contribution in [1.29, 1.82) is 0 Å². The van der Waals surface area contributed by atoms with Crippen molar-refractivity contribution < 1.29 is 14.3 Å². The minimum absolute atomic E-state index is 0. The monoisotopic (exact) mass is 566 g/mol. The number of nitrogens with one attached hydrogen (secondary N) is 3. The van der Waals surface area contributed by atoms with Gasteiger partial charge in [0.25, 0.3) is 5.91 Å². The van der Waals surface area contributed by atoms with Crippen LogP contribution < -0.4 is 20.7 Å². The summed E-state index contributed by atoms with van der Waals surface area (Å²) < 4.78 is 11.6. The van der Waals surface area contributed by atoms with Gasteiger partial charge in [0.1, 0.15) is 5.75 Å². The van der Waals surface area contributed by atoms with E-state index < -0.39 is 0 Å². The Hall–Kier alpha value is -2.33. The van der Waals surface area contributed by atoms with E-state index in [4.69, 9.17) is 9.47 Å². The van der Waals surface area contributed by atoms with Gasteiger partial charge in [0, 0.05) is 50.3 Å². The number of carbonyl (C=O) groups excluding carboxylic acids is 1. The number of hydrogen-bond donors (Lipinski definition) is 3. The minimum atomic E-state index is -0.0621. The molecule has 7 nitrogen and oxygen atoms in total. The Labute approximate surface area is 213 Å². The van der Waals surface area contributed by atoms with Crippen molar-refractivity contribution in [2.75, 3.05) is 33.4 Å². The SMILES string of the molecule is CCNC(=O)c1cccc(CNC(=NC)NCc2ccc(C)cc2OCC2CCOC2)c1.I. The number of aliphatic imine (C=N–C) groups is 1. The number of guanidine groups is 1. The number of amides is 1. The van der Waals surface area contributed by atoms with E-state index in [-0.39, 0.29) is 29.9 Å². The van der Waals surface area contributed by atoms with Gasteiger partial charge < -0.3 is 25.4 Å². The van der Waals surface area contributed by atoms with E-state index in [1.54, 1.807) is 7.05 Å². The van der Waals surface area contributed by atoms with Crippen LogP contribution in [0.4, 0.5) is 0 Å². The third-order valence-electron chi connectivity index (χ3n) is 5.38. The molecule has 1 saturated heterocycles. The fraction of sp³-hybridized carbons (Fsp3) is 0.440. The van der Waals surface area contributed by atoms with E-state index in [1.807, 2.05) is 31.2 Å². The minimum Gasteiger partial charge on any atom is -0.493 e. The highest BCUT2D eigenvalue weighted by Crippen LogP contribution is 2.22. The molecule has 0 bridgehead atoms. The maximum Gasteiger partial charge on any atom is 0.251 e. The Bertz CT molecular complexity index is 930. The molecule has 1 aliphatic rings. The first-order valence-electron chi connectivity index (χ1n) is 11.2. The van der Waals surface area contributed by atoms with E-state index in [0.717, 1.165) is 36.5 Å². The molecular weight excluding hydrogens is 531 g/mol. The van der Waals surface area contributed by atoms with Crippen molar-refractivity contribution >= 4 is 35.8 Å². The molecule has 3 rings (SSSR count). The van der Waals surface area contributed by atoms with Crippen LogP contribution in [0, 0.1) is 12.8 Å². The van der Waals surface area contributed by atoms with Crippen LogP contribution in [0.25, 0.3) is 0 Å². The molecule has 3 N–H and O–H groups in total. The van der Waals surface area contributed by atoms with Gasteiger partial charge in [0.15, 0.2) is 5.96 Å². The van der Waals surface area contributed by atoms with Crippen molar-refractivity contribution in [3.8, 4) is 5.75 Å². The molecule has 0 radical (unpaired) electrons. The zero-order valence-corrected chi connectivity index (χ0v) is 22.0. The molecule has 1 fully saturated rings. The lowest BCUT2D eigenvalue weighted by atomic mass is 10.1. The van der Waals surface area contributed by atoms with Crippen molar-refractivity contribution in [2.45, 2.75) is 33.4 Å². The molecule has 0 spiro atoms. The summed E-state index contributed by atoms with van der Waals surface area (Å²) in [6.45, 7) is 8.01. The largest absolute Gasteiger partial charge is 0.493 e. The zero-order chi connectivity index (χ0) is 22.8. The number of ether oxygens (including phenoxy) is 2. The molecule has 1 heterocycles. The average Bonchev–Trinajstić information content (AvgIpc) is 3.33. The van der Waals surface area contributed by atoms with Crippen molar-refractivity contribution in [3.05, 3.63) is 64.7 Å². The predicted octanol–water partition coefficient (Wildman–Crippen LogP) is 3.64. The second-order valence-corrected chi connectivity index (χ2v) is 7.99. The molecule has 2 aromatic carbocycles. The molecule has 0 saturated carbocycles. The smallest absolute Gasteiger partial charge is 0.251 e. The second kappa shape index (κ2) is 14.0. The highest BCUT2D eigenvalue weighted by Gasteiger charge is 2.17. The van der Waals surface area contributed by atoms with Gasteiger partial charge in [-0.05, 0) is 49.6 Å². The lowest BCUT2D eigenvalue weighted by Crippen LogP contribution is -2.36. The van der Waals surface area contributed by atoms with Crippen LogP contribution in [0.5, 0.6) is 5.75 Å². The van der Waals surface area contributed by atoms with Crippen LogP contribution in [-0.4, -0.2) is 45.3 Å². The van der Waals surface area contributed by atoms with Gasteiger partial charge in [0.05, 0.1) is 13.2 Å². The Morgan fingerprint density at radius 2 is 1.97 bits per heavy atom. The molecule has 180 valence electrons. The van der Waals surface area contributed by atoms with Gasteiger partial charge in [-0.15, -0.1) is 24.0 Å². The maximum absolute atomic E-state index is 12.1. The van der Waals surface area contributed by atoms with Crippen LogP contribution in [-0.2, 0) is 17.8 Å². The standard InChI is InChI=1S/C25H34N4O3.HI/c1-4-27-24(30)21-7-5-6-19(13-21)14-28-25(26-3)29-15-22-9-8-18(2)12-23(22)32-17-20-10-11-31-16-20;/h5-9,12-13,20H,4,10-11,14-17H2,1-3H3,(H,27,30)(H2,26,28,29);1H. The van der Waals surface area contributed by atoms with Gasteiger partial charge in [-0.1, -0.05) is 24.3 Å². The quantitative estimate of drug-likeness (QED) is 0.245. The van der Waals surface area contributed by atoms with E-state index in [9.17, 15) is 4.79 Å². The van der Waals surface area contributed by atoms with E-state index >= 15 is 0 Å². The lowest BCUT2D eigenvalue weighted by molar-refractivity contribution is 0.0955. The summed E-state index contributed by atoms with van der Waals surface area (Å²) in [5.74, 6) is 1.98. The number of hydrogen-bond acceptors (Lipinski definition) is 4. The number of nitrogens with zero attached hydrogens (tertiary/aromatic N) is 1. The summed E-state index contributed by atoms with van der Waals surface area (Å²) in [5.41, 5.74) is 3.91. The van der Waals surface area contributed by atoms with Crippen LogP contribution >= 0.6 is 24.0 Å². The van der Waals surface area contributed by atoms with Crippen molar-refractivity contribution in [3.63, 3.8) is 0 Å². The van der Waals surface area contributed by atoms with Crippen molar-refractivity contribution in [1.82, 2.24) is 16.0 Å². The summed E-state index contributed by atoms with van der Waals surface area (Å²) >= 11 is 0. The second-order valence-electron chi connectivity index (χ2n) is 7.99. The molecule has 0 aliphatic carbocycles. The summed E-state index contributed by atoms with van der Waals surface area (Å²) in [6, 6.07) is 13.8. The molecule has 1 aliphatic heterocycles. The normalized spacial score (nSPS) is 15.5. The molecular formula is C25H35IN4O3. The van der Waals surface area contributed by atoms with E-state index in [1.165, 1.54) is 5.56 Å². The Kier molecular flexibility index (Phi) is 11.5. The van der Waals surface area contributed by atoms with Crippen LogP contribution in [0.15, 0.2) is 47.5 Å². The summed E-state index contributed by atoms with van der Waals surface area (Å²) in [6.07, 6.45) is 1.05. The Morgan fingerprint density at radius 1 is 1.15 bits per heavy atom. The summed E-state index contributed by atoms with van der Waals surface area (Å²) in [7, 11) is 1.74. The topological polar surface area (TPSA) is 84.0 Å². The first kappa shape index (κ1) is 26.9. The fourth-order valence-corrected chi connectivity index (χ4v) is 3.54. The molecule has 8 heteroatoms. The van der Waals surface area contributed by atoms with Gasteiger partial charge >= 0.3 is 0 Å². The Balaban J connectivity index is 0.00000385. The molecule has 2 aromatic rings. The van der Waals surface area contributed by atoms with Crippen LogP contribution in [0.3, 0.4) is 0 Å². The van der Waals surface area contributed by atoms with Gasteiger partial charge in [0.2, 0.25) is 0 Å². The summed E-state index contributed by atoms with van der Waals surface area (Å²) in [4.78, 5) is 16.4. The fourth-order valence-electron chi connectivity index (χ4n) is 3.54. The highest BCUT2D eigenvalue weighted by atomic mass is 127. The Morgan fingerprint density at radius 3 is 2.70 bits per heavy atom. The predicted molar refractivity (Wildman–Crippen MR) is 143 cm³/mol. The number of benzene rings is 2. The van der Waals surface area contributed by atoms with E-state index in [0.29, 0.717) is 43.7 Å². The first-order valence-corrected chi connectivity index (χ1v) is 11.2. The first-order chi connectivity index (χ1) is 15.6. The van der Waals surface area contributed by atoms with Crippen LogP contribution in [0.2, 0.25) is 0 Å². The molecule has 0 aromatic heterocycles. The molecule has 1 atom stereocenters. The molecule has 33 heavy (non-hydrogen) atoms. The van der Waals surface area contributed by atoms with Gasteiger partial charge in [-0.2, -0.15) is 0 Å². The number of rotatable bonds is 9. The number of aryl methyl sites for hydroxylation is 1. The third-order valence-corrected chi connectivity index (χ3v) is 5.38. The third kappa shape index (κ3) is 8.51. The zero-order valence-electron chi connectivity index (χ0n) is 19.6. The maximum atomic E-state index is 12.1. The molecule has 1 amide bonds. The van der Waals surface area contributed by atoms with Gasteiger partial charge in [-0.25, -0.2) is 0 Å². The van der Waals surface area contributed by atoms with Crippen LogP contribution in [0.1, 0.15) is 40.4 Å². The summed E-state index contributed by atoms with van der Waals surface area (Å²) in [5, 5.41) is 9.49. The number of carbonyl (C=O) groups is 1. The van der Waals surface area contributed by atoms with Crippen molar-refractivity contribution in [2.24, 2.45) is 10.9 Å². The van der Waals surface area contributed by atoms with Gasteiger partial charge in [-0.3, -0.25) is 9.79 Å². The highest BCUT2D eigenvalue weighted by molar-refractivity contribution is 14.0. The lowest BCUT2D eigenvalue weighted by Gasteiger charge is -2.17. The van der Waals surface area contributed by atoms with E-state index in [2.05, 4.69) is 46.1 Å². The number of halogens is 1. The molecule has 1 unspecified atom stereocenters.